The predicted molar refractivity (Wildman–Crippen MR) is 76.8 cm³/mol. The van der Waals surface area contributed by atoms with Crippen LogP contribution in [-0.4, -0.2) is 37.5 Å². The standard InChI is InChI=1S/C13H21N3O.ClH/c1-10(14)13(17)15-12(9-16(2)3)11-7-5-4-6-8-11;/h4-8,10,12H,9,14H2,1-3H3,(H,15,17);1H. The molecule has 1 aromatic carbocycles. The van der Waals surface area contributed by atoms with Gasteiger partial charge in [-0.05, 0) is 26.6 Å². The highest BCUT2D eigenvalue weighted by molar-refractivity contribution is 5.85. The average molecular weight is 272 g/mol. The summed E-state index contributed by atoms with van der Waals surface area (Å²) in [5, 5.41) is 2.96. The molecule has 0 radical (unpaired) electrons. The van der Waals surface area contributed by atoms with Gasteiger partial charge in [-0.2, -0.15) is 0 Å². The number of likely N-dealkylation sites (N-methyl/N-ethyl adjacent to an activating group) is 1. The van der Waals surface area contributed by atoms with Gasteiger partial charge in [0.1, 0.15) is 0 Å². The number of hydrogen-bond donors (Lipinski definition) is 2. The van der Waals surface area contributed by atoms with Crippen LogP contribution in [-0.2, 0) is 4.79 Å². The number of benzene rings is 1. The molecule has 0 saturated carbocycles. The summed E-state index contributed by atoms with van der Waals surface area (Å²) in [5.41, 5.74) is 6.66. The normalized spacial score (nSPS) is 13.6. The largest absolute Gasteiger partial charge is 0.347 e. The maximum Gasteiger partial charge on any atom is 0.237 e. The van der Waals surface area contributed by atoms with Gasteiger partial charge in [-0.25, -0.2) is 0 Å². The van der Waals surface area contributed by atoms with E-state index in [4.69, 9.17) is 5.73 Å². The summed E-state index contributed by atoms with van der Waals surface area (Å²) in [7, 11) is 3.96. The van der Waals surface area contributed by atoms with Crippen LogP contribution >= 0.6 is 12.4 Å². The Morgan fingerprint density at radius 3 is 2.33 bits per heavy atom. The minimum absolute atomic E-state index is 0. The molecule has 0 fully saturated rings. The monoisotopic (exact) mass is 271 g/mol. The van der Waals surface area contributed by atoms with Crippen LogP contribution in [0.3, 0.4) is 0 Å². The highest BCUT2D eigenvalue weighted by Crippen LogP contribution is 2.13. The van der Waals surface area contributed by atoms with E-state index in [-0.39, 0.29) is 24.4 Å². The molecule has 1 rings (SSSR count). The van der Waals surface area contributed by atoms with Crippen LogP contribution in [0.4, 0.5) is 0 Å². The third-order valence-corrected chi connectivity index (χ3v) is 2.48. The zero-order valence-electron chi connectivity index (χ0n) is 11.1. The Morgan fingerprint density at radius 2 is 1.89 bits per heavy atom. The van der Waals surface area contributed by atoms with Crippen molar-refractivity contribution in [2.24, 2.45) is 5.73 Å². The molecule has 5 heteroatoms. The van der Waals surface area contributed by atoms with Crippen molar-refractivity contribution in [2.75, 3.05) is 20.6 Å². The zero-order valence-corrected chi connectivity index (χ0v) is 11.9. The van der Waals surface area contributed by atoms with Crippen LogP contribution in [0.15, 0.2) is 30.3 Å². The smallest absolute Gasteiger partial charge is 0.237 e. The Bertz CT molecular complexity index is 355. The molecule has 0 aromatic heterocycles. The third-order valence-electron chi connectivity index (χ3n) is 2.48. The predicted octanol–water partition coefficient (Wildman–Crippen LogP) is 1.17. The first-order valence-corrected chi connectivity index (χ1v) is 5.76. The van der Waals surface area contributed by atoms with Gasteiger partial charge in [0.2, 0.25) is 5.91 Å². The van der Waals surface area contributed by atoms with Crippen molar-refractivity contribution in [3.8, 4) is 0 Å². The van der Waals surface area contributed by atoms with Gasteiger partial charge in [0, 0.05) is 6.54 Å². The lowest BCUT2D eigenvalue weighted by Crippen LogP contribution is -2.43. The summed E-state index contributed by atoms with van der Waals surface area (Å²) in [5.74, 6) is -0.124. The minimum atomic E-state index is -0.483. The van der Waals surface area contributed by atoms with Crippen LogP contribution < -0.4 is 11.1 Å². The third kappa shape index (κ3) is 5.49. The molecule has 0 saturated heterocycles. The molecule has 0 bridgehead atoms. The number of rotatable bonds is 5. The SMILES string of the molecule is CC(N)C(=O)NC(CN(C)C)c1ccccc1.Cl. The van der Waals surface area contributed by atoms with Crippen LogP contribution in [0, 0.1) is 0 Å². The van der Waals surface area contributed by atoms with E-state index in [1.165, 1.54) is 0 Å². The lowest BCUT2D eigenvalue weighted by molar-refractivity contribution is -0.122. The van der Waals surface area contributed by atoms with E-state index in [2.05, 4.69) is 5.32 Å². The molecule has 1 amide bonds. The molecule has 0 aliphatic rings. The summed E-state index contributed by atoms with van der Waals surface area (Å²) in [6.45, 7) is 2.44. The number of hydrogen-bond acceptors (Lipinski definition) is 3. The summed E-state index contributed by atoms with van der Waals surface area (Å²) in [6.07, 6.45) is 0. The molecule has 2 atom stereocenters. The first-order valence-electron chi connectivity index (χ1n) is 5.76. The summed E-state index contributed by atoms with van der Waals surface area (Å²) < 4.78 is 0. The Hall–Kier alpha value is -1.10. The molecule has 3 N–H and O–H groups in total. The summed E-state index contributed by atoms with van der Waals surface area (Å²) in [6, 6.07) is 9.41. The fourth-order valence-corrected chi connectivity index (χ4v) is 1.59. The molecular formula is C13H22ClN3O. The van der Waals surface area contributed by atoms with Crippen LogP contribution in [0.25, 0.3) is 0 Å². The number of halogens is 1. The van der Waals surface area contributed by atoms with Crippen molar-refractivity contribution in [3.63, 3.8) is 0 Å². The van der Waals surface area contributed by atoms with Crippen molar-refractivity contribution < 1.29 is 4.79 Å². The molecule has 4 nitrogen and oxygen atoms in total. The quantitative estimate of drug-likeness (QED) is 0.845. The fraction of sp³-hybridized carbons (Fsp3) is 0.462. The Labute approximate surface area is 115 Å². The highest BCUT2D eigenvalue weighted by atomic mass is 35.5. The molecule has 0 heterocycles. The molecule has 0 aliphatic heterocycles. The van der Waals surface area contributed by atoms with E-state index in [0.29, 0.717) is 0 Å². The van der Waals surface area contributed by atoms with Crippen LogP contribution in [0.2, 0.25) is 0 Å². The van der Waals surface area contributed by atoms with Gasteiger partial charge in [0.25, 0.3) is 0 Å². The van der Waals surface area contributed by atoms with Crippen molar-refractivity contribution in [3.05, 3.63) is 35.9 Å². The maximum absolute atomic E-state index is 11.7. The fourth-order valence-electron chi connectivity index (χ4n) is 1.59. The molecular weight excluding hydrogens is 250 g/mol. The van der Waals surface area contributed by atoms with Gasteiger partial charge in [-0.1, -0.05) is 30.3 Å². The van der Waals surface area contributed by atoms with Gasteiger partial charge >= 0.3 is 0 Å². The molecule has 0 spiro atoms. The number of nitrogens with zero attached hydrogens (tertiary/aromatic N) is 1. The summed E-state index contributed by atoms with van der Waals surface area (Å²) in [4.78, 5) is 13.7. The van der Waals surface area contributed by atoms with Gasteiger partial charge in [-0.15, -0.1) is 12.4 Å². The number of carbonyl (C=O) groups excluding carboxylic acids is 1. The zero-order chi connectivity index (χ0) is 12.8. The van der Waals surface area contributed by atoms with Crippen molar-refractivity contribution >= 4 is 18.3 Å². The Kier molecular flexibility index (Phi) is 7.59. The van der Waals surface area contributed by atoms with Gasteiger partial charge in [0.15, 0.2) is 0 Å². The number of amides is 1. The first kappa shape index (κ1) is 16.9. The molecule has 18 heavy (non-hydrogen) atoms. The average Bonchev–Trinajstić information content (AvgIpc) is 2.28. The van der Waals surface area contributed by atoms with Gasteiger partial charge in [0.05, 0.1) is 12.1 Å². The molecule has 0 aliphatic carbocycles. The lowest BCUT2D eigenvalue weighted by Gasteiger charge is -2.23. The highest BCUT2D eigenvalue weighted by Gasteiger charge is 2.17. The second-order valence-electron chi connectivity index (χ2n) is 4.52. The number of carbonyl (C=O) groups is 1. The van der Waals surface area contributed by atoms with Gasteiger partial charge < -0.3 is 16.0 Å². The van der Waals surface area contributed by atoms with E-state index < -0.39 is 6.04 Å². The van der Waals surface area contributed by atoms with E-state index in [1.807, 2.05) is 49.3 Å². The summed E-state index contributed by atoms with van der Waals surface area (Å²) >= 11 is 0. The topological polar surface area (TPSA) is 58.4 Å². The lowest BCUT2D eigenvalue weighted by atomic mass is 10.1. The molecule has 2 unspecified atom stereocenters. The second kappa shape index (κ2) is 8.08. The minimum Gasteiger partial charge on any atom is -0.347 e. The van der Waals surface area contributed by atoms with Gasteiger partial charge in [-0.3, -0.25) is 4.79 Å². The van der Waals surface area contributed by atoms with Crippen LogP contribution in [0.1, 0.15) is 18.5 Å². The molecule has 102 valence electrons. The number of nitrogens with two attached hydrogens (primary N) is 1. The maximum atomic E-state index is 11.7. The Balaban J connectivity index is 0.00000289. The van der Waals surface area contributed by atoms with Crippen molar-refractivity contribution in [2.45, 2.75) is 19.0 Å². The Morgan fingerprint density at radius 1 is 1.33 bits per heavy atom. The van der Waals surface area contributed by atoms with E-state index >= 15 is 0 Å². The first-order chi connectivity index (χ1) is 8.00. The van der Waals surface area contributed by atoms with Crippen molar-refractivity contribution in [1.82, 2.24) is 10.2 Å². The van der Waals surface area contributed by atoms with Crippen molar-refractivity contribution in [1.29, 1.82) is 0 Å². The van der Waals surface area contributed by atoms with Crippen LogP contribution in [0.5, 0.6) is 0 Å². The van der Waals surface area contributed by atoms with E-state index in [9.17, 15) is 4.79 Å². The number of nitrogens with one attached hydrogen (secondary N) is 1. The molecule has 1 aromatic rings. The van der Waals surface area contributed by atoms with E-state index in [1.54, 1.807) is 6.92 Å². The van der Waals surface area contributed by atoms with E-state index in [0.717, 1.165) is 12.1 Å². The second-order valence-corrected chi connectivity index (χ2v) is 4.52.